The van der Waals surface area contributed by atoms with Gasteiger partial charge in [-0.2, -0.15) is 13.2 Å². The fourth-order valence-corrected chi connectivity index (χ4v) is 2.07. The van der Waals surface area contributed by atoms with Gasteiger partial charge in [-0.05, 0) is 19.4 Å². The molecule has 0 aliphatic carbocycles. The zero-order chi connectivity index (χ0) is 12.9. The van der Waals surface area contributed by atoms with Crippen molar-refractivity contribution in [3.05, 3.63) is 0 Å². The molecule has 0 aromatic carbocycles. The molecule has 1 rings (SSSR count). The van der Waals surface area contributed by atoms with Crippen molar-refractivity contribution in [2.75, 3.05) is 19.6 Å². The van der Waals surface area contributed by atoms with E-state index in [-0.39, 0.29) is 11.9 Å². The Bertz CT molecular complexity index is 254. The first-order valence-electron chi connectivity index (χ1n) is 6.00. The van der Waals surface area contributed by atoms with E-state index in [2.05, 4.69) is 5.32 Å². The number of hydrogen-bond donors (Lipinski definition) is 1. The van der Waals surface area contributed by atoms with Gasteiger partial charge in [-0.25, -0.2) is 0 Å². The van der Waals surface area contributed by atoms with E-state index in [0.717, 1.165) is 19.4 Å². The van der Waals surface area contributed by atoms with Gasteiger partial charge in [-0.1, -0.05) is 6.92 Å². The van der Waals surface area contributed by atoms with Crippen LogP contribution in [0.2, 0.25) is 0 Å². The molecule has 1 fully saturated rings. The van der Waals surface area contributed by atoms with Crippen LogP contribution in [0.5, 0.6) is 0 Å². The van der Waals surface area contributed by atoms with Gasteiger partial charge in [-0.3, -0.25) is 4.79 Å². The second-order valence-electron chi connectivity index (χ2n) is 4.35. The molecule has 0 aromatic rings. The number of rotatable bonds is 4. The third-order valence-electron chi connectivity index (χ3n) is 2.89. The van der Waals surface area contributed by atoms with E-state index < -0.39 is 19.0 Å². The molecule has 1 aliphatic heterocycles. The number of alkyl halides is 3. The Hall–Kier alpha value is -0.780. The van der Waals surface area contributed by atoms with E-state index in [1.54, 1.807) is 4.90 Å². The Kier molecular flexibility index (Phi) is 5.24. The van der Waals surface area contributed by atoms with Gasteiger partial charge >= 0.3 is 6.18 Å². The number of amides is 1. The molecule has 17 heavy (non-hydrogen) atoms. The molecule has 100 valence electrons. The van der Waals surface area contributed by atoms with Crippen molar-refractivity contribution < 1.29 is 18.0 Å². The Morgan fingerprint density at radius 2 is 2.18 bits per heavy atom. The van der Waals surface area contributed by atoms with Crippen LogP contribution in [0.25, 0.3) is 0 Å². The summed E-state index contributed by atoms with van der Waals surface area (Å²) in [5, 5.41) is 3.23. The van der Waals surface area contributed by atoms with Gasteiger partial charge in [0, 0.05) is 25.6 Å². The van der Waals surface area contributed by atoms with Crippen LogP contribution in [-0.4, -0.2) is 42.7 Å². The van der Waals surface area contributed by atoms with Gasteiger partial charge in [0.15, 0.2) is 0 Å². The van der Waals surface area contributed by atoms with Crippen LogP contribution in [0.15, 0.2) is 0 Å². The molecule has 1 atom stereocenters. The first-order valence-corrected chi connectivity index (χ1v) is 6.00. The fraction of sp³-hybridized carbons (Fsp3) is 0.909. The molecule has 3 nitrogen and oxygen atoms in total. The van der Waals surface area contributed by atoms with Crippen LogP contribution in [0.1, 0.15) is 32.6 Å². The molecule has 1 N–H and O–H groups in total. The zero-order valence-corrected chi connectivity index (χ0v) is 10.0. The lowest BCUT2D eigenvalue weighted by Gasteiger charge is -2.33. The standard InChI is InChI=1S/C11H19F3N2O/c1-2-15-9-4-3-7-16(8-9)10(17)5-6-11(12,13)14/h9,15H,2-8H2,1H3. The van der Waals surface area contributed by atoms with Crippen LogP contribution in [0, 0.1) is 0 Å². The van der Waals surface area contributed by atoms with Crippen molar-refractivity contribution in [2.45, 2.75) is 44.8 Å². The zero-order valence-electron chi connectivity index (χ0n) is 10.0. The number of likely N-dealkylation sites (tertiary alicyclic amines) is 1. The molecule has 0 bridgehead atoms. The molecule has 1 saturated heterocycles. The summed E-state index contributed by atoms with van der Waals surface area (Å²) < 4.78 is 36.0. The molecule has 0 saturated carbocycles. The van der Waals surface area contributed by atoms with Gasteiger partial charge < -0.3 is 10.2 Å². The number of halogens is 3. The summed E-state index contributed by atoms with van der Waals surface area (Å²) in [5.41, 5.74) is 0. The predicted molar refractivity (Wildman–Crippen MR) is 58.6 cm³/mol. The molecule has 1 amide bonds. The monoisotopic (exact) mass is 252 g/mol. The smallest absolute Gasteiger partial charge is 0.341 e. The molecule has 1 unspecified atom stereocenters. The average Bonchev–Trinajstić information content (AvgIpc) is 2.26. The van der Waals surface area contributed by atoms with Crippen LogP contribution < -0.4 is 5.32 Å². The first kappa shape index (κ1) is 14.3. The van der Waals surface area contributed by atoms with Gasteiger partial charge in [0.1, 0.15) is 0 Å². The quantitative estimate of drug-likeness (QED) is 0.829. The van der Waals surface area contributed by atoms with Crippen LogP contribution in [0.4, 0.5) is 13.2 Å². The number of likely N-dealkylation sites (N-methyl/N-ethyl adjacent to an activating group) is 1. The minimum atomic E-state index is -4.24. The molecule has 0 radical (unpaired) electrons. The maximum absolute atomic E-state index is 12.0. The number of hydrogen-bond acceptors (Lipinski definition) is 2. The lowest BCUT2D eigenvalue weighted by molar-refractivity contribution is -0.149. The maximum Gasteiger partial charge on any atom is 0.389 e. The third-order valence-corrected chi connectivity index (χ3v) is 2.89. The summed E-state index contributed by atoms with van der Waals surface area (Å²) in [7, 11) is 0. The summed E-state index contributed by atoms with van der Waals surface area (Å²) >= 11 is 0. The van der Waals surface area contributed by atoms with Crippen molar-refractivity contribution >= 4 is 5.91 Å². The Balaban J connectivity index is 2.36. The minimum Gasteiger partial charge on any atom is -0.341 e. The van der Waals surface area contributed by atoms with Crippen LogP contribution in [0.3, 0.4) is 0 Å². The predicted octanol–water partition coefficient (Wildman–Crippen LogP) is 1.93. The van der Waals surface area contributed by atoms with Gasteiger partial charge in [0.25, 0.3) is 0 Å². The van der Waals surface area contributed by atoms with E-state index in [4.69, 9.17) is 0 Å². The summed E-state index contributed by atoms with van der Waals surface area (Å²) in [4.78, 5) is 13.1. The van der Waals surface area contributed by atoms with Crippen LogP contribution >= 0.6 is 0 Å². The normalized spacial score (nSPS) is 21.6. The highest BCUT2D eigenvalue weighted by molar-refractivity contribution is 5.76. The Morgan fingerprint density at radius 1 is 1.47 bits per heavy atom. The topological polar surface area (TPSA) is 32.3 Å². The van der Waals surface area contributed by atoms with E-state index in [0.29, 0.717) is 13.1 Å². The van der Waals surface area contributed by atoms with Crippen molar-refractivity contribution in [1.82, 2.24) is 10.2 Å². The highest BCUT2D eigenvalue weighted by Gasteiger charge is 2.30. The second kappa shape index (κ2) is 6.23. The maximum atomic E-state index is 12.0. The number of nitrogens with zero attached hydrogens (tertiary/aromatic N) is 1. The number of carbonyl (C=O) groups excluding carboxylic acids is 1. The van der Waals surface area contributed by atoms with Crippen molar-refractivity contribution in [2.24, 2.45) is 0 Å². The Labute approximate surface area is 99.4 Å². The highest BCUT2D eigenvalue weighted by atomic mass is 19.4. The summed E-state index contributed by atoms with van der Waals surface area (Å²) in [6, 6.07) is 0.226. The number of carbonyl (C=O) groups is 1. The molecule has 1 heterocycles. The summed E-state index contributed by atoms with van der Waals surface area (Å²) in [5.74, 6) is -0.384. The Morgan fingerprint density at radius 3 is 2.76 bits per heavy atom. The fourth-order valence-electron chi connectivity index (χ4n) is 2.07. The van der Waals surface area contributed by atoms with Gasteiger partial charge in [0.05, 0.1) is 6.42 Å². The van der Waals surface area contributed by atoms with E-state index in [1.165, 1.54) is 0 Å². The van der Waals surface area contributed by atoms with Gasteiger partial charge in [-0.15, -0.1) is 0 Å². The lowest BCUT2D eigenvalue weighted by Crippen LogP contribution is -2.48. The van der Waals surface area contributed by atoms with Crippen LogP contribution in [-0.2, 0) is 4.79 Å². The SMILES string of the molecule is CCNC1CCCN(C(=O)CCC(F)(F)F)C1. The molecule has 0 aromatic heterocycles. The first-order chi connectivity index (χ1) is 7.92. The molecule has 0 spiro atoms. The molecule has 1 aliphatic rings. The van der Waals surface area contributed by atoms with E-state index >= 15 is 0 Å². The number of nitrogens with one attached hydrogen (secondary N) is 1. The van der Waals surface area contributed by atoms with E-state index in [9.17, 15) is 18.0 Å². The van der Waals surface area contributed by atoms with Crippen molar-refractivity contribution in [1.29, 1.82) is 0 Å². The van der Waals surface area contributed by atoms with Crippen molar-refractivity contribution in [3.63, 3.8) is 0 Å². The second-order valence-corrected chi connectivity index (χ2v) is 4.35. The average molecular weight is 252 g/mol. The molecular weight excluding hydrogens is 233 g/mol. The lowest BCUT2D eigenvalue weighted by atomic mass is 10.1. The number of piperidine rings is 1. The summed E-state index contributed by atoms with van der Waals surface area (Å²) in [6.07, 6.45) is -3.85. The minimum absolute atomic E-state index is 0.226. The molecular formula is C11H19F3N2O. The summed E-state index contributed by atoms with van der Waals surface area (Å²) in [6.45, 7) is 3.91. The molecule has 6 heteroatoms. The third kappa shape index (κ3) is 5.39. The highest BCUT2D eigenvalue weighted by Crippen LogP contribution is 2.22. The largest absolute Gasteiger partial charge is 0.389 e. The van der Waals surface area contributed by atoms with Gasteiger partial charge in [0.2, 0.25) is 5.91 Å². The van der Waals surface area contributed by atoms with E-state index in [1.807, 2.05) is 6.92 Å². The van der Waals surface area contributed by atoms with Crippen molar-refractivity contribution in [3.8, 4) is 0 Å².